The summed E-state index contributed by atoms with van der Waals surface area (Å²) in [5.74, 6) is -1.70. The zero-order chi connectivity index (χ0) is 27.8. The van der Waals surface area contributed by atoms with Crippen LogP contribution in [0.5, 0.6) is 0 Å². The molecule has 0 unspecified atom stereocenters. The van der Waals surface area contributed by atoms with Crippen molar-refractivity contribution < 1.29 is 28.7 Å². The van der Waals surface area contributed by atoms with Gasteiger partial charge in [0.25, 0.3) is 5.91 Å². The number of alkyl carbamates (subject to hydrolysis) is 1. The van der Waals surface area contributed by atoms with Crippen LogP contribution in [0.25, 0.3) is 0 Å². The quantitative estimate of drug-likeness (QED) is 0.319. The average Bonchev–Trinajstić information content (AvgIpc) is 2.80. The number of nitrogens with one attached hydrogen (secondary N) is 3. The van der Waals surface area contributed by atoms with E-state index in [4.69, 9.17) is 44.3 Å². The minimum absolute atomic E-state index is 0.186. The van der Waals surface area contributed by atoms with Gasteiger partial charge in [-0.15, -0.1) is 0 Å². The lowest BCUT2D eigenvalue weighted by atomic mass is 10.0. The average molecular weight is 580 g/mol. The van der Waals surface area contributed by atoms with Crippen LogP contribution < -0.4 is 16.1 Å². The molecule has 1 aliphatic heterocycles. The van der Waals surface area contributed by atoms with Crippen molar-refractivity contribution in [1.29, 1.82) is 0 Å². The largest absolute Gasteiger partial charge is 0.460 e. The number of halogens is 3. The minimum atomic E-state index is -1.75. The lowest BCUT2D eigenvalue weighted by Crippen LogP contribution is -2.60. The van der Waals surface area contributed by atoms with Crippen molar-refractivity contribution in [2.45, 2.75) is 74.5 Å². The molecule has 0 aromatic heterocycles. The van der Waals surface area contributed by atoms with Crippen molar-refractivity contribution >= 4 is 58.7 Å². The number of nitrogens with zero attached hydrogens (tertiary/aromatic N) is 1. The highest BCUT2D eigenvalue weighted by molar-refractivity contribution is 6.67. The second-order valence-electron chi connectivity index (χ2n) is 9.66. The van der Waals surface area contributed by atoms with Gasteiger partial charge in [-0.1, -0.05) is 65.1 Å². The van der Waals surface area contributed by atoms with E-state index in [9.17, 15) is 19.2 Å². The molecule has 1 aromatic carbocycles. The van der Waals surface area contributed by atoms with Crippen LogP contribution in [-0.4, -0.2) is 69.6 Å². The first-order valence-corrected chi connectivity index (χ1v) is 12.9. The van der Waals surface area contributed by atoms with E-state index in [1.54, 1.807) is 20.8 Å². The number of benzene rings is 1. The molecule has 0 aliphatic carbocycles. The zero-order valence-corrected chi connectivity index (χ0v) is 23.5. The minimum Gasteiger partial charge on any atom is -0.460 e. The third-order valence-corrected chi connectivity index (χ3v) is 5.46. The number of alkyl halides is 3. The molecule has 1 fully saturated rings. The number of ether oxygens (including phenoxy) is 2. The fraction of sp³-hybridized carbons (Fsp3) is 0.583. The van der Waals surface area contributed by atoms with Crippen LogP contribution in [-0.2, 0) is 30.3 Å². The van der Waals surface area contributed by atoms with Gasteiger partial charge in [-0.25, -0.2) is 10.2 Å². The predicted molar refractivity (Wildman–Crippen MR) is 140 cm³/mol. The highest BCUT2D eigenvalue weighted by Gasteiger charge is 2.34. The number of amides is 3. The Morgan fingerprint density at radius 2 is 1.76 bits per heavy atom. The molecule has 1 heterocycles. The summed E-state index contributed by atoms with van der Waals surface area (Å²) >= 11 is 16.9. The number of hydrogen-bond donors (Lipinski definition) is 3. The van der Waals surface area contributed by atoms with Crippen molar-refractivity contribution in [1.82, 2.24) is 21.1 Å². The van der Waals surface area contributed by atoms with E-state index in [2.05, 4.69) is 16.1 Å². The first-order chi connectivity index (χ1) is 17.1. The maximum Gasteiger partial charge on any atom is 0.408 e. The van der Waals surface area contributed by atoms with Gasteiger partial charge in [-0.05, 0) is 46.1 Å². The Bertz CT molecular complexity index is 952. The molecule has 3 N–H and O–H groups in total. The molecule has 2 rings (SSSR count). The monoisotopic (exact) mass is 578 g/mol. The van der Waals surface area contributed by atoms with Crippen LogP contribution in [0, 0.1) is 0 Å². The summed E-state index contributed by atoms with van der Waals surface area (Å²) < 4.78 is 8.55. The van der Waals surface area contributed by atoms with Crippen LogP contribution >= 0.6 is 34.8 Å². The van der Waals surface area contributed by atoms with Crippen LogP contribution in [0.2, 0.25) is 0 Å². The molecule has 1 saturated heterocycles. The normalized spacial score (nSPS) is 17.8. The maximum atomic E-state index is 13.1. The van der Waals surface area contributed by atoms with E-state index in [1.165, 1.54) is 11.9 Å². The fourth-order valence-electron chi connectivity index (χ4n) is 3.49. The first kappa shape index (κ1) is 31.0. The number of carbonyl (C=O) groups is 4. The van der Waals surface area contributed by atoms with Gasteiger partial charge < -0.3 is 20.1 Å². The smallest absolute Gasteiger partial charge is 0.408 e. The standard InChI is InChI=1S/C24H33Cl3N4O6/c1-15(20(33)31-12-8-11-17(30-31)21(34)36-14-24(25,26)27)28-19(32)18(13-16-9-6-5-7-10-16)29-22(35)37-23(2,3)4/h5-7,9-10,15,17-18,30H,8,11-14H2,1-4H3,(H,28,32)(H,29,35)/t15-,17-,18-/m0/s1. The van der Waals surface area contributed by atoms with Crippen molar-refractivity contribution in [2.24, 2.45) is 0 Å². The lowest BCUT2D eigenvalue weighted by Gasteiger charge is -2.34. The van der Waals surface area contributed by atoms with E-state index < -0.39 is 58.0 Å². The number of rotatable bonds is 8. The molecule has 0 bridgehead atoms. The van der Waals surface area contributed by atoms with Gasteiger partial charge in [0.1, 0.15) is 30.3 Å². The summed E-state index contributed by atoms with van der Waals surface area (Å²) in [6, 6.07) is 6.36. The topological polar surface area (TPSA) is 126 Å². The Balaban J connectivity index is 2.02. The maximum absolute atomic E-state index is 13.1. The highest BCUT2D eigenvalue weighted by atomic mass is 35.6. The van der Waals surface area contributed by atoms with E-state index in [-0.39, 0.29) is 6.42 Å². The number of carbonyl (C=O) groups excluding carboxylic acids is 4. The molecule has 3 amide bonds. The Kier molecular flexibility index (Phi) is 11.3. The van der Waals surface area contributed by atoms with Crippen LogP contribution in [0.1, 0.15) is 46.1 Å². The molecule has 10 nitrogen and oxygen atoms in total. The molecule has 37 heavy (non-hydrogen) atoms. The number of hydrogen-bond acceptors (Lipinski definition) is 7. The number of hydrazine groups is 1. The Labute approximate surface area is 231 Å². The Morgan fingerprint density at radius 3 is 2.35 bits per heavy atom. The fourth-order valence-corrected chi connectivity index (χ4v) is 3.65. The molecule has 1 aromatic rings. The van der Waals surface area contributed by atoms with E-state index in [0.717, 1.165) is 5.56 Å². The summed E-state index contributed by atoms with van der Waals surface area (Å²) in [5.41, 5.74) is 2.87. The lowest BCUT2D eigenvalue weighted by molar-refractivity contribution is -0.152. The van der Waals surface area contributed by atoms with Crippen molar-refractivity contribution in [3.8, 4) is 0 Å². The molecular weight excluding hydrogens is 547 g/mol. The van der Waals surface area contributed by atoms with Gasteiger partial charge in [0, 0.05) is 13.0 Å². The second-order valence-corrected chi connectivity index (χ2v) is 12.2. The van der Waals surface area contributed by atoms with Crippen LogP contribution in [0.15, 0.2) is 30.3 Å². The second kappa shape index (κ2) is 13.5. The molecule has 1 aliphatic rings. The molecular formula is C24H33Cl3N4O6. The van der Waals surface area contributed by atoms with Crippen molar-refractivity contribution in [3.63, 3.8) is 0 Å². The van der Waals surface area contributed by atoms with Crippen molar-refractivity contribution in [3.05, 3.63) is 35.9 Å². The summed E-state index contributed by atoms with van der Waals surface area (Å²) in [6.07, 6.45) is 0.370. The molecule has 206 valence electrons. The van der Waals surface area contributed by atoms with Crippen LogP contribution in [0.4, 0.5) is 4.79 Å². The third kappa shape index (κ3) is 11.3. The Hall–Kier alpha value is -2.27. The van der Waals surface area contributed by atoms with E-state index in [0.29, 0.717) is 19.4 Å². The predicted octanol–water partition coefficient (Wildman–Crippen LogP) is 3.04. The molecule has 3 atom stereocenters. The van der Waals surface area contributed by atoms with Gasteiger partial charge >= 0.3 is 12.1 Å². The van der Waals surface area contributed by atoms with Crippen LogP contribution in [0.3, 0.4) is 0 Å². The summed E-state index contributed by atoms with van der Waals surface area (Å²) in [7, 11) is 0. The van der Waals surface area contributed by atoms with Gasteiger partial charge in [-0.3, -0.25) is 19.4 Å². The van der Waals surface area contributed by atoms with Gasteiger partial charge in [-0.2, -0.15) is 0 Å². The summed E-state index contributed by atoms with van der Waals surface area (Å²) in [6.45, 7) is 6.54. The van der Waals surface area contributed by atoms with E-state index >= 15 is 0 Å². The van der Waals surface area contributed by atoms with Crippen molar-refractivity contribution in [2.75, 3.05) is 13.2 Å². The first-order valence-electron chi connectivity index (χ1n) is 11.8. The van der Waals surface area contributed by atoms with Gasteiger partial charge in [0.05, 0.1) is 0 Å². The van der Waals surface area contributed by atoms with E-state index in [1.807, 2.05) is 30.3 Å². The third-order valence-electron chi connectivity index (χ3n) is 5.13. The SMILES string of the molecule is C[C@H](NC(=O)[C@H](Cc1ccccc1)NC(=O)OC(C)(C)C)C(=O)N1CCC[C@@H](C(=O)OCC(Cl)(Cl)Cl)N1. The van der Waals surface area contributed by atoms with Gasteiger partial charge in [0.2, 0.25) is 9.70 Å². The highest BCUT2D eigenvalue weighted by Crippen LogP contribution is 2.26. The molecule has 0 radical (unpaired) electrons. The number of esters is 1. The summed E-state index contributed by atoms with van der Waals surface area (Å²) in [4.78, 5) is 50.8. The molecule has 0 saturated carbocycles. The Morgan fingerprint density at radius 1 is 1.11 bits per heavy atom. The summed E-state index contributed by atoms with van der Waals surface area (Å²) in [5, 5.41) is 6.49. The molecule has 0 spiro atoms. The molecule has 13 heteroatoms. The van der Waals surface area contributed by atoms with Gasteiger partial charge in [0.15, 0.2) is 0 Å². The zero-order valence-electron chi connectivity index (χ0n) is 21.2.